The van der Waals surface area contributed by atoms with Gasteiger partial charge in [0.05, 0.1) is 0 Å². The van der Waals surface area contributed by atoms with Crippen molar-refractivity contribution in [2.45, 2.75) is 19.5 Å². The second-order valence-corrected chi connectivity index (χ2v) is 4.98. The van der Waals surface area contributed by atoms with Gasteiger partial charge in [-0.3, -0.25) is 13.9 Å². The number of carbonyl (C=O) groups is 1. The molecule has 1 aliphatic rings. The van der Waals surface area contributed by atoms with Crippen molar-refractivity contribution in [3.8, 4) is 0 Å². The van der Waals surface area contributed by atoms with E-state index in [0.29, 0.717) is 17.9 Å². The minimum absolute atomic E-state index is 0.0368. The molecule has 1 aromatic heterocycles. The highest BCUT2D eigenvalue weighted by Crippen LogP contribution is 2.32. The quantitative estimate of drug-likeness (QED) is 0.746. The summed E-state index contributed by atoms with van der Waals surface area (Å²) in [6.45, 7) is 1.93. The van der Waals surface area contributed by atoms with Crippen LogP contribution in [0.25, 0.3) is 0 Å². The summed E-state index contributed by atoms with van der Waals surface area (Å²) in [7, 11) is 4.89. The van der Waals surface area contributed by atoms with Gasteiger partial charge in [-0.15, -0.1) is 0 Å². The second kappa shape index (κ2) is 4.56. The monoisotopic (exact) mass is 266 g/mol. The highest BCUT2D eigenvalue weighted by Gasteiger charge is 2.34. The Morgan fingerprint density at radius 3 is 2.47 bits per heavy atom. The van der Waals surface area contributed by atoms with Gasteiger partial charge in [0.1, 0.15) is 24.0 Å². The van der Waals surface area contributed by atoms with Crippen LogP contribution >= 0.6 is 0 Å². The fourth-order valence-electron chi connectivity index (χ4n) is 2.55. The molecule has 1 aliphatic heterocycles. The molecule has 0 radical (unpaired) electrons. The van der Waals surface area contributed by atoms with Crippen molar-refractivity contribution in [3.63, 3.8) is 0 Å². The Morgan fingerprint density at radius 1 is 1.26 bits per heavy atom. The zero-order valence-electron chi connectivity index (χ0n) is 11.5. The van der Waals surface area contributed by atoms with E-state index in [1.54, 1.807) is 7.05 Å². The summed E-state index contributed by atoms with van der Waals surface area (Å²) < 4.78 is 2.52. The highest BCUT2D eigenvalue weighted by molar-refractivity contribution is 5.71. The number of aromatic nitrogens is 2. The van der Waals surface area contributed by atoms with Gasteiger partial charge in [0, 0.05) is 33.5 Å². The summed E-state index contributed by atoms with van der Waals surface area (Å²) in [5.74, 6) is 0.602. The minimum atomic E-state index is -0.360. The molecular weight excluding hydrogens is 248 g/mol. The zero-order chi connectivity index (χ0) is 14.3. The Labute approximate surface area is 110 Å². The van der Waals surface area contributed by atoms with Crippen molar-refractivity contribution in [1.29, 1.82) is 0 Å². The van der Waals surface area contributed by atoms with Gasteiger partial charge in [-0.25, -0.2) is 4.79 Å². The maximum absolute atomic E-state index is 12.1. The Morgan fingerprint density at radius 2 is 1.89 bits per heavy atom. The van der Waals surface area contributed by atoms with Crippen LogP contribution in [0.3, 0.4) is 0 Å². The fraction of sp³-hybridized carbons (Fsp3) is 0.583. The number of hydrogen-bond donors (Lipinski definition) is 1. The maximum Gasteiger partial charge on any atom is 0.332 e. The standard InChI is InChI=1S/C12H18N4O3/c1-7(5-6-17)9-13-8-10(14(9)2)15(3)12(19)16(4)11(8)18/h6-7,9,13H,5H2,1-4H3. The molecule has 0 aliphatic carbocycles. The van der Waals surface area contributed by atoms with Crippen LogP contribution in [-0.2, 0) is 18.9 Å². The average Bonchev–Trinajstić information content (AvgIpc) is 2.72. The second-order valence-electron chi connectivity index (χ2n) is 4.98. The van der Waals surface area contributed by atoms with Crippen molar-refractivity contribution < 1.29 is 4.79 Å². The lowest BCUT2D eigenvalue weighted by Gasteiger charge is -2.27. The summed E-state index contributed by atoms with van der Waals surface area (Å²) in [6.07, 6.45) is 1.09. The molecule has 2 rings (SSSR count). The van der Waals surface area contributed by atoms with E-state index >= 15 is 0 Å². The predicted octanol–water partition coefficient (Wildman–Crippen LogP) is -0.503. The third kappa shape index (κ3) is 1.85. The number of nitrogens with zero attached hydrogens (tertiary/aromatic N) is 3. The Bertz CT molecular complexity index is 631. The summed E-state index contributed by atoms with van der Waals surface area (Å²) in [5.41, 5.74) is -0.290. The maximum atomic E-state index is 12.1. The molecule has 0 bridgehead atoms. The van der Waals surface area contributed by atoms with E-state index < -0.39 is 0 Å². The van der Waals surface area contributed by atoms with E-state index in [2.05, 4.69) is 5.32 Å². The van der Waals surface area contributed by atoms with E-state index in [1.165, 1.54) is 11.6 Å². The van der Waals surface area contributed by atoms with Crippen LogP contribution < -0.4 is 21.5 Å². The number of fused-ring (bicyclic) bond motifs is 1. The van der Waals surface area contributed by atoms with E-state index in [0.717, 1.165) is 10.9 Å². The molecule has 2 unspecified atom stereocenters. The van der Waals surface area contributed by atoms with Crippen LogP contribution in [-0.4, -0.2) is 28.6 Å². The average molecular weight is 266 g/mol. The lowest BCUT2D eigenvalue weighted by Crippen LogP contribution is -2.40. The molecule has 1 N–H and O–H groups in total. The molecule has 2 atom stereocenters. The molecule has 104 valence electrons. The first-order chi connectivity index (χ1) is 8.90. The summed E-state index contributed by atoms with van der Waals surface area (Å²) >= 11 is 0. The first-order valence-corrected chi connectivity index (χ1v) is 6.13. The van der Waals surface area contributed by atoms with Gasteiger partial charge in [0.15, 0.2) is 0 Å². The van der Waals surface area contributed by atoms with Gasteiger partial charge < -0.3 is 15.0 Å². The lowest BCUT2D eigenvalue weighted by atomic mass is 10.1. The van der Waals surface area contributed by atoms with Crippen molar-refractivity contribution in [2.24, 2.45) is 20.0 Å². The molecule has 0 aromatic carbocycles. The van der Waals surface area contributed by atoms with Crippen molar-refractivity contribution in [2.75, 3.05) is 17.3 Å². The number of nitrogens with one attached hydrogen (secondary N) is 1. The predicted molar refractivity (Wildman–Crippen MR) is 72.6 cm³/mol. The van der Waals surface area contributed by atoms with Gasteiger partial charge >= 0.3 is 5.69 Å². The molecule has 0 amide bonds. The molecule has 7 nitrogen and oxygen atoms in total. The fourth-order valence-corrected chi connectivity index (χ4v) is 2.55. The van der Waals surface area contributed by atoms with Crippen molar-refractivity contribution in [1.82, 2.24) is 9.13 Å². The number of carbonyl (C=O) groups excluding carboxylic acids is 1. The van der Waals surface area contributed by atoms with E-state index in [-0.39, 0.29) is 23.3 Å². The topological polar surface area (TPSA) is 76.3 Å². The minimum Gasteiger partial charge on any atom is -0.357 e. The van der Waals surface area contributed by atoms with Crippen LogP contribution in [0.15, 0.2) is 9.59 Å². The van der Waals surface area contributed by atoms with E-state index in [4.69, 9.17) is 0 Å². The van der Waals surface area contributed by atoms with E-state index in [1.807, 2.05) is 18.9 Å². The smallest absolute Gasteiger partial charge is 0.332 e. The third-order valence-corrected chi connectivity index (χ3v) is 3.68. The lowest BCUT2D eigenvalue weighted by molar-refractivity contribution is -0.108. The zero-order valence-corrected chi connectivity index (χ0v) is 11.5. The largest absolute Gasteiger partial charge is 0.357 e. The van der Waals surface area contributed by atoms with Gasteiger partial charge in [-0.2, -0.15) is 0 Å². The van der Waals surface area contributed by atoms with Crippen LogP contribution in [0.5, 0.6) is 0 Å². The van der Waals surface area contributed by atoms with Crippen molar-refractivity contribution >= 4 is 17.8 Å². The third-order valence-electron chi connectivity index (χ3n) is 3.68. The van der Waals surface area contributed by atoms with Crippen LogP contribution in [0.2, 0.25) is 0 Å². The number of anilines is 2. The molecule has 0 spiro atoms. The Hall–Kier alpha value is -2.05. The molecule has 0 saturated heterocycles. The van der Waals surface area contributed by atoms with Gasteiger partial charge in [-0.1, -0.05) is 6.92 Å². The normalized spacial score (nSPS) is 18.9. The first kappa shape index (κ1) is 13.4. The van der Waals surface area contributed by atoms with Gasteiger partial charge in [0.2, 0.25) is 0 Å². The number of aldehydes is 1. The van der Waals surface area contributed by atoms with Crippen molar-refractivity contribution in [3.05, 3.63) is 20.8 Å². The molecule has 2 heterocycles. The summed E-state index contributed by atoms with van der Waals surface area (Å²) in [4.78, 5) is 36.5. The molecule has 0 fully saturated rings. The number of rotatable bonds is 3. The highest BCUT2D eigenvalue weighted by atomic mass is 16.2. The molecule has 19 heavy (non-hydrogen) atoms. The Balaban J connectivity index is 2.55. The summed E-state index contributed by atoms with van der Waals surface area (Å²) in [5, 5.41) is 3.12. The van der Waals surface area contributed by atoms with Gasteiger partial charge in [-0.05, 0) is 0 Å². The first-order valence-electron chi connectivity index (χ1n) is 6.13. The Kier molecular flexibility index (Phi) is 3.21. The van der Waals surface area contributed by atoms with Gasteiger partial charge in [0.25, 0.3) is 5.56 Å². The summed E-state index contributed by atoms with van der Waals surface area (Å²) in [6, 6.07) is 0. The SMILES string of the molecule is CC(CC=O)C1Nc2c(n(C)c(=O)n(C)c2=O)N1C. The van der Waals surface area contributed by atoms with E-state index in [9.17, 15) is 14.4 Å². The molecule has 1 aromatic rings. The van der Waals surface area contributed by atoms with Crippen LogP contribution in [0.4, 0.5) is 11.5 Å². The van der Waals surface area contributed by atoms with Crippen LogP contribution in [0, 0.1) is 5.92 Å². The molecule has 7 heteroatoms. The van der Waals surface area contributed by atoms with Crippen LogP contribution in [0.1, 0.15) is 13.3 Å². The molecular formula is C12H18N4O3. The molecule has 0 saturated carbocycles. The number of hydrogen-bond acceptors (Lipinski definition) is 5.